The molecule has 3 aromatic heterocycles. The third-order valence-electron chi connectivity index (χ3n) is 3.94. The van der Waals surface area contributed by atoms with Crippen LogP contribution in [0.5, 0.6) is 0 Å². The highest BCUT2D eigenvalue weighted by Gasteiger charge is 2.21. The lowest BCUT2D eigenvalue weighted by Gasteiger charge is -2.09. The van der Waals surface area contributed by atoms with Crippen molar-refractivity contribution in [3.8, 4) is 10.6 Å². The van der Waals surface area contributed by atoms with Gasteiger partial charge in [-0.2, -0.15) is 5.10 Å². The second-order valence-corrected chi connectivity index (χ2v) is 6.97. The first kappa shape index (κ1) is 14.9. The number of aromatic nitrogens is 3. The number of carbonyl (C=O) groups is 1. The molecule has 0 aliphatic heterocycles. The summed E-state index contributed by atoms with van der Waals surface area (Å²) in [5.41, 5.74) is 2.79. The van der Waals surface area contributed by atoms with Crippen LogP contribution in [-0.4, -0.2) is 39.3 Å². The summed E-state index contributed by atoms with van der Waals surface area (Å²) in [6, 6.07) is 5.81. The van der Waals surface area contributed by atoms with Crippen LogP contribution in [0.15, 0.2) is 24.4 Å². The molecule has 1 saturated carbocycles. The van der Waals surface area contributed by atoms with Crippen molar-refractivity contribution in [2.75, 3.05) is 23.7 Å². The monoisotopic (exact) mass is 343 g/mol. The first-order valence-electron chi connectivity index (χ1n) is 7.83. The smallest absolute Gasteiger partial charge is 0.322 e. The van der Waals surface area contributed by atoms with Gasteiger partial charge in [0.05, 0.1) is 26.5 Å². The molecule has 0 atom stereocenters. The summed E-state index contributed by atoms with van der Waals surface area (Å²) < 4.78 is 1.07. The summed E-state index contributed by atoms with van der Waals surface area (Å²) in [4.78, 5) is 16.4. The second kappa shape index (κ2) is 6.12. The summed E-state index contributed by atoms with van der Waals surface area (Å²) >= 11 is 1.65. The van der Waals surface area contributed by atoms with E-state index < -0.39 is 5.97 Å². The molecular weight excluding hydrogens is 326 g/mol. The quantitative estimate of drug-likeness (QED) is 0.526. The van der Waals surface area contributed by atoms with Crippen LogP contribution < -0.4 is 10.6 Å². The third kappa shape index (κ3) is 3.18. The number of aromatic amines is 1. The van der Waals surface area contributed by atoms with E-state index in [-0.39, 0.29) is 6.54 Å². The number of aliphatic carboxylic acids is 1. The minimum absolute atomic E-state index is 0.155. The Balaban J connectivity index is 1.70. The molecule has 8 heteroatoms. The zero-order valence-electron chi connectivity index (χ0n) is 12.9. The minimum Gasteiger partial charge on any atom is -0.480 e. The van der Waals surface area contributed by atoms with E-state index in [4.69, 9.17) is 5.11 Å². The number of nitrogens with zero attached hydrogens (tertiary/aromatic N) is 2. The zero-order chi connectivity index (χ0) is 16.5. The van der Waals surface area contributed by atoms with Crippen molar-refractivity contribution in [1.82, 2.24) is 15.2 Å². The molecule has 0 amide bonds. The van der Waals surface area contributed by atoms with E-state index in [0.29, 0.717) is 5.82 Å². The van der Waals surface area contributed by atoms with Crippen LogP contribution in [0.2, 0.25) is 0 Å². The molecule has 0 unspecified atom stereocenters. The lowest BCUT2D eigenvalue weighted by molar-refractivity contribution is -0.134. The summed E-state index contributed by atoms with van der Waals surface area (Å²) in [6.07, 6.45) is 4.27. The second-order valence-electron chi connectivity index (χ2n) is 5.92. The van der Waals surface area contributed by atoms with E-state index in [2.05, 4.69) is 25.8 Å². The summed E-state index contributed by atoms with van der Waals surface area (Å²) in [6.45, 7) is 0.785. The van der Waals surface area contributed by atoms with Gasteiger partial charge >= 0.3 is 5.97 Å². The molecule has 1 aliphatic rings. The molecule has 1 aliphatic carbocycles. The van der Waals surface area contributed by atoms with Crippen molar-refractivity contribution in [2.45, 2.75) is 12.8 Å². The molecule has 124 valence electrons. The Kier molecular flexibility index (Phi) is 3.81. The number of hydrogen-bond donors (Lipinski definition) is 4. The zero-order valence-corrected chi connectivity index (χ0v) is 13.7. The fourth-order valence-corrected chi connectivity index (χ4v) is 3.58. The Morgan fingerprint density at radius 3 is 2.96 bits per heavy atom. The van der Waals surface area contributed by atoms with Gasteiger partial charge in [0.1, 0.15) is 12.4 Å². The highest BCUT2D eigenvalue weighted by Crippen LogP contribution is 2.38. The van der Waals surface area contributed by atoms with Crippen LogP contribution >= 0.6 is 11.3 Å². The first-order chi connectivity index (χ1) is 11.7. The van der Waals surface area contributed by atoms with E-state index in [1.807, 2.05) is 18.2 Å². The van der Waals surface area contributed by atoms with Gasteiger partial charge in [-0.05, 0) is 30.9 Å². The molecule has 24 heavy (non-hydrogen) atoms. The number of anilines is 2. The van der Waals surface area contributed by atoms with Crippen LogP contribution in [0.1, 0.15) is 12.8 Å². The molecule has 0 radical (unpaired) electrons. The van der Waals surface area contributed by atoms with E-state index in [1.165, 1.54) is 12.8 Å². The number of pyridine rings is 1. The largest absolute Gasteiger partial charge is 0.480 e. The van der Waals surface area contributed by atoms with Crippen LogP contribution in [0.25, 0.3) is 20.8 Å². The van der Waals surface area contributed by atoms with Crippen molar-refractivity contribution in [3.63, 3.8) is 0 Å². The maximum absolute atomic E-state index is 10.8. The number of hydrogen-bond acceptors (Lipinski definition) is 6. The van der Waals surface area contributed by atoms with Gasteiger partial charge in [0.25, 0.3) is 0 Å². The van der Waals surface area contributed by atoms with Gasteiger partial charge in [-0.3, -0.25) is 9.89 Å². The van der Waals surface area contributed by atoms with E-state index in [0.717, 1.165) is 38.9 Å². The standard InChI is InChI=1S/C16H17N5O2S/c22-15(23)8-18-14-6-11(17-7-9-1-2-9)16-12(20-14)5-13(24-16)10-3-4-19-21-10/h3-6,9H,1-2,7-8H2,(H,19,21)(H,22,23)(H2,17,18,20). The lowest BCUT2D eigenvalue weighted by atomic mass is 10.3. The predicted octanol–water partition coefficient (Wildman–Crippen LogP) is 3.00. The maximum atomic E-state index is 10.8. The number of carboxylic acid groups (broad SMARTS) is 1. The number of fused-ring (bicyclic) bond motifs is 1. The molecule has 0 bridgehead atoms. The topological polar surface area (TPSA) is 103 Å². The van der Waals surface area contributed by atoms with Gasteiger partial charge < -0.3 is 15.7 Å². The van der Waals surface area contributed by atoms with Crippen molar-refractivity contribution in [2.24, 2.45) is 5.92 Å². The highest BCUT2D eigenvalue weighted by molar-refractivity contribution is 7.22. The molecule has 3 aromatic rings. The first-order valence-corrected chi connectivity index (χ1v) is 8.64. The van der Waals surface area contributed by atoms with Gasteiger partial charge in [0.2, 0.25) is 0 Å². The van der Waals surface area contributed by atoms with Crippen LogP contribution in [0.3, 0.4) is 0 Å². The average molecular weight is 343 g/mol. The summed E-state index contributed by atoms with van der Waals surface area (Å²) in [7, 11) is 0. The van der Waals surface area contributed by atoms with Gasteiger partial charge in [-0.15, -0.1) is 11.3 Å². The SMILES string of the molecule is O=C(O)CNc1cc(NCC2CC2)c2sc(-c3ccn[nH]3)cc2n1. The summed E-state index contributed by atoms with van der Waals surface area (Å²) in [5.74, 6) is 0.403. The van der Waals surface area contributed by atoms with Crippen molar-refractivity contribution in [3.05, 3.63) is 24.4 Å². The van der Waals surface area contributed by atoms with Crippen molar-refractivity contribution < 1.29 is 9.90 Å². The lowest BCUT2D eigenvalue weighted by Crippen LogP contribution is -2.13. The van der Waals surface area contributed by atoms with E-state index in [9.17, 15) is 4.79 Å². The van der Waals surface area contributed by atoms with Crippen molar-refractivity contribution in [1.29, 1.82) is 0 Å². The number of rotatable bonds is 7. The van der Waals surface area contributed by atoms with E-state index in [1.54, 1.807) is 17.5 Å². The van der Waals surface area contributed by atoms with Gasteiger partial charge in [-0.1, -0.05) is 0 Å². The Hall–Kier alpha value is -2.61. The van der Waals surface area contributed by atoms with E-state index >= 15 is 0 Å². The van der Waals surface area contributed by atoms with Crippen LogP contribution in [-0.2, 0) is 4.79 Å². The fraction of sp³-hybridized carbons (Fsp3) is 0.312. The average Bonchev–Trinajstić information content (AvgIpc) is 3.06. The molecule has 7 nitrogen and oxygen atoms in total. The molecular formula is C16H17N5O2S. The number of nitrogens with one attached hydrogen (secondary N) is 3. The molecule has 0 saturated heterocycles. The number of H-pyrrole nitrogens is 1. The van der Waals surface area contributed by atoms with Crippen LogP contribution in [0, 0.1) is 5.92 Å². The third-order valence-corrected chi connectivity index (χ3v) is 5.13. The molecule has 4 N–H and O–H groups in total. The molecule has 0 spiro atoms. The van der Waals surface area contributed by atoms with Gasteiger partial charge in [0.15, 0.2) is 0 Å². The maximum Gasteiger partial charge on any atom is 0.322 e. The van der Waals surface area contributed by atoms with Crippen LogP contribution in [0.4, 0.5) is 11.5 Å². The predicted molar refractivity (Wildman–Crippen MR) is 94.5 cm³/mol. The Labute approximate surface area is 142 Å². The van der Waals surface area contributed by atoms with Gasteiger partial charge in [0, 0.05) is 18.8 Å². The Morgan fingerprint density at radius 1 is 1.38 bits per heavy atom. The minimum atomic E-state index is -0.909. The fourth-order valence-electron chi connectivity index (χ4n) is 2.51. The molecule has 1 fully saturated rings. The number of thiophene rings is 1. The normalized spacial score (nSPS) is 14.0. The molecule has 3 heterocycles. The Morgan fingerprint density at radius 2 is 2.25 bits per heavy atom. The Bertz CT molecular complexity index is 870. The summed E-state index contributed by atoms with van der Waals surface area (Å²) in [5, 5.41) is 22.2. The highest BCUT2D eigenvalue weighted by atomic mass is 32.1. The molecule has 0 aromatic carbocycles. The number of carboxylic acids is 1. The molecule has 4 rings (SSSR count). The van der Waals surface area contributed by atoms with Crippen molar-refractivity contribution >= 4 is 39.0 Å². The van der Waals surface area contributed by atoms with Gasteiger partial charge in [-0.25, -0.2) is 4.98 Å².